The van der Waals surface area contributed by atoms with Crippen LogP contribution in [0.4, 0.5) is 0 Å². The van der Waals surface area contributed by atoms with E-state index in [1.54, 1.807) is 0 Å². The average molecular weight is 264 g/mol. The monoisotopic (exact) mass is 263 g/mol. The average Bonchev–Trinajstić information content (AvgIpc) is 2.16. The number of carbonyl (C=O) groups is 1. The van der Waals surface area contributed by atoms with Crippen LogP contribution in [0, 0.1) is 0 Å². The molecular formula is C9H7Cl2NO2S. The molecule has 0 amide bonds. The second-order valence-electron chi connectivity index (χ2n) is 2.64. The third-order valence-electron chi connectivity index (χ3n) is 1.74. The molecule has 0 aliphatic rings. The van der Waals surface area contributed by atoms with Gasteiger partial charge in [-0.3, -0.25) is 0 Å². The number of nitrogens with two attached hydrogens (primary N) is 1. The first-order chi connectivity index (χ1) is 6.99. The number of esters is 1. The van der Waals surface area contributed by atoms with E-state index in [-0.39, 0.29) is 21.1 Å². The number of benzene rings is 1. The van der Waals surface area contributed by atoms with Crippen LogP contribution in [0.1, 0.15) is 15.9 Å². The molecule has 0 aromatic heterocycles. The van der Waals surface area contributed by atoms with Gasteiger partial charge in [0.05, 0.1) is 22.7 Å². The zero-order valence-corrected chi connectivity index (χ0v) is 10.0. The molecule has 1 rings (SSSR count). The molecule has 0 fully saturated rings. The van der Waals surface area contributed by atoms with Crippen LogP contribution in [0.15, 0.2) is 12.1 Å². The Morgan fingerprint density at radius 3 is 2.53 bits per heavy atom. The molecule has 0 aliphatic carbocycles. The molecule has 15 heavy (non-hydrogen) atoms. The number of halogens is 2. The largest absolute Gasteiger partial charge is 0.465 e. The van der Waals surface area contributed by atoms with E-state index in [4.69, 9.17) is 41.2 Å². The molecule has 6 heteroatoms. The van der Waals surface area contributed by atoms with Gasteiger partial charge in [-0.25, -0.2) is 4.79 Å². The minimum atomic E-state index is -0.561. The molecule has 0 heterocycles. The Labute approximate surface area is 102 Å². The summed E-state index contributed by atoms with van der Waals surface area (Å²) >= 11 is 16.5. The Hall–Kier alpha value is -0.840. The number of carbonyl (C=O) groups excluding carboxylic acids is 1. The van der Waals surface area contributed by atoms with Crippen LogP contribution < -0.4 is 5.73 Å². The number of methoxy groups -OCH3 is 1. The van der Waals surface area contributed by atoms with Crippen molar-refractivity contribution in [2.75, 3.05) is 7.11 Å². The highest BCUT2D eigenvalue weighted by Crippen LogP contribution is 2.28. The first-order valence-corrected chi connectivity index (χ1v) is 5.01. The molecule has 0 unspecified atom stereocenters. The van der Waals surface area contributed by atoms with Gasteiger partial charge in [0.1, 0.15) is 4.99 Å². The lowest BCUT2D eigenvalue weighted by Crippen LogP contribution is -2.13. The minimum absolute atomic E-state index is 0.0377. The van der Waals surface area contributed by atoms with Gasteiger partial charge in [0, 0.05) is 5.56 Å². The predicted octanol–water partition coefficient (Wildman–Crippen LogP) is 2.41. The predicted molar refractivity (Wildman–Crippen MR) is 63.7 cm³/mol. The quantitative estimate of drug-likeness (QED) is 0.658. The van der Waals surface area contributed by atoms with Crippen molar-refractivity contribution in [3.05, 3.63) is 33.3 Å². The van der Waals surface area contributed by atoms with Crippen molar-refractivity contribution in [2.45, 2.75) is 0 Å². The fourth-order valence-corrected chi connectivity index (χ4v) is 2.02. The van der Waals surface area contributed by atoms with E-state index in [1.165, 1.54) is 19.2 Å². The van der Waals surface area contributed by atoms with Gasteiger partial charge in [0.2, 0.25) is 0 Å². The van der Waals surface area contributed by atoms with Crippen LogP contribution in [-0.2, 0) is 4.74 Å². The van der Waals surface area contributed by atoms with Gasteiger partial charge in [0.25, 0.3) is 0 Å². The van der Waals surface area contributed by atoms with E-state index < -0.39 is 5.97 Å². The van der Waals surface area contributed by atoms with Crippen LogP contribution in [-0.4, -0.2) is 18.1 Å². The summed E-state index contributed by atoms with van der Waals surface area (Å²) in [5.74, 6) is -0.561. The molecule has 1 aromatic carbocycles. The highest BCUT2D eigenvalue weighted by atomic mass is 35.5. The highest BCUT2D eigenvalue weighted by molar-refractivity contribution is 7.80. The molecule has 0 saturated heterocycles. The maximum absolute atomic E-state index is 11.3. The van der Waals surface area contributed by atoms with E-state index in [9.17, 15) is 4.79 Å². The lowest BCUT2D eigenvalue weighted by molar-refractivity contribution is 0.0601. The fourth-order valence-electron chi connectivity index (χ4n) is 1.05. The van der Waals surface area contributed by atoms with Gasteiger partial charge >= 0.3 is 5.97 Å². The summed E-state index contributed by atoms with van der Waals surface area (Å²) in [4.78, 5) is 11.3. The van der Waals surface area contributed by atoms with Gasteiger partial charge in [-0.2, -0.15) is 0 Å². The number of thiocarbonyl (C=S) groups is 1. The van der Waals surface area contributed by atoms with Crippen molar-refractivity contribution in [1.29, 1.82) is 0 Å². The van der Waals surface area contributed by atoms with Crippen LogP contribution in [0.25, 0.3) is 0 Å². The summed E-state index contributed by atoms with van der Waals surface area (Å²) in [5, 5.41) is 0.419. The topological polar surface area (TPSA) is 52.3 Å². The molecule has 0 saturated carbocycles. The lowest BCUT2D eigenvalue weighted by atomic mass is 10.1. The van der Waals surface area contributed by atoms with Crippen molar-refractivity contribution in [3.63, 3.8) is 0 Å². The Kier molecular flexibility index (Phi) is 3.90. The molecule has 0 atom stereocenters. The first-order valence-electron chi connectivity index (χ1n) is 3.85. The minimum Gasteiger partial charge on any atom is -0.465 e. The maximum atomic E-state index is 11.3. The molecule has 0 bridgehead atoms. The zero-order valence-electron chi connectivity index (χ0n) is 7.71. The summed E-state index contributed by atoms with van der Waals surface area (Å²) in [5.41, 5.74) is 5.91. The van der Waals surface area contributed by atoms with E-state index >= 15 is 0 Å². The number of hydrogen-bond acceptors (Lipinski definition) is 3. The maximum Gasteiger partial charge on any atom is 0.339 e. The van der Waals surface area contributed by atoms with Crippen LogP contribution in [0.5, 0.6) is 0 Å². The summed E-state index contributed by atoms with van der Waals surface area (Å²) in [6, 6.07) is 2.95. The number of rotatable bonds is 2. The molecule has 80 valence electrons. The Bertz CT molecular complexity index is 434. The second kappa shape index (κ2) is 4.79. The molecular weight excluding hydrogens is 257 g/mol. The van der Waals surface area contributed by atoms with Gasteiger partial charge in [-0.15, -0.1) is 0 Å². The molecule has 1 aromatic rings. The van der Waals surface area contributed by atoms with E-state index in [0.29, 0.717) is 5.02 Å². The van der Waals surface area contributed by atoms with Crippen LogP contribution in [0.2, 0.25) is 10.0 Å². The van der Waals surface area contributed by atoms with Gasteiger partial charge in [-0.1, -0.05) is 35.4 Å². The fraction of sp³-hybridized carbons (Fsp3) is 0.111. The van der Waals surface area contributed by atoms with E-state index in [0.717, 1.165) is 0 Å². The highest BCUT2D eigenvalue weighted by Gasteiger charge is 2.17. The zero-order chi connectivity index (χ0) is 11.6. The molecule has 3 nitrogen and oxygen atoms in total. The molecule has 2 N–H and O–H groups in total. The van der Waals surface area contributed by atoms with Gasteiger partial charge in [-0.05, 0) is 12.1 Å². The normalized spacial score (nSPS) is 9.80. The van der Waals surface area contributed by atoms with Crippen molar-refractivity contribution in [3.8, 4) is 0 Å². The Morgan fingerprint density at radius 1 is 1.47 bits per heavy atom. The summed E-state index contributed by atoms with van der Waals surface area (Å²) in [6.07, 6.45) is 0. The summed E-state index contributed by atoms with van der Waals surface area (Å²) < 4.78 is 4.54. The van der Waals surface area contributed by atoms with Gasteiger partial charge < -0.3 is 10.5 Å². The van der Waals surface area contributed by atoms with Crippen LogP contribution in [0.3, 0.4) is 0 Å². The first kappa shape index (κ1) is 12.2. The van der Waals surface area contributed by atoms with Crippen molar-refractivity contribution in [2.24, 2.45) is 5.73 Å². The van der Waals surface area contributed by atoms with Crippen molar-refractivity contribution >= 4 is 46.4 Å². The molecule has 0 spiro atoms. The van der Waals surface area contributed by atoms with Gasteiger partial charge in [0.15, 0.2) is 0 Å². The third kappa shape index (κ3) is 2.40. The van der Waals surface area contributed by atoms with E-state index in [2.05, 4.69) is 4.74 Å². The summed E-state index contributed by atoms with van der Waals surface area (Å²) in [6.45, 7) is 0. The van der Waals surface area contributed by atoms with Crippen molar-refractivity contribution < 1.29 is 9.53 Å². The SMILES string of the molecule is COC(=O)c1ccc(Cl)c(C(N)=S)c1Cl. The summed E-state index contributed by atoms with van der Waals surface area (Å²) in [7, 11) is 1.26. The smallest absolute Gasteiger partial charge is 0.339 e. The molecule has 0 radical (unpaired) electrons. The van der Waals surface area contributed by atoms with Crippen LogP contribution >= 0.6 is 35.4 Å². The third-order valence-corrected chi connectivity index (χ3v) is 2.65. The number of hydrogen-bond donors (Lipinski definition) is 1. The standard InChI is InChI=1S/C9H7Cl2NO2S/c1-14-9(13)4-2-3-5(10)6(7(4)11)8(12)15/h2-3H,1H3,(H2,12,15). The second-order valence-corrected chi connectivity index (χ2v) is 3.86. The Morgan fingerprint density at radius 2 is 2.07 bits per heavy atom. The Balaban J connectivity index is 3.41. The van der Waals surface area contributed by atoms with E-state index in [1.807, 2.05) is 0 Å². The van der Waals surface area contributed by atoms with Crippen molar-refractivity contribution in [1.82, 2.24) is 0 Å². The number of ether oxygens (including phenoxy) is 1. The lowest BCUT2D eigenvalue weighted by Gasteiger charge is -2.08. The molecule has 0 aliphatic heterocycles.